The second-order valence-corrected chi connectivity index (χ2v) is 6.55. The van der Waals surface area contributed by atoms with E-state index in [1.165, 1.54) is 5.57 Å². The van der Waals surface area contributed by atoms with Crippen molar-refractivity contribution in [3.8, 4) is 0 Å². The number of hydrogen-bond acceptors (Lipinski definition) is 4. The Kier molecular flexibility index (Phi) is 19.4. The minimum absolute atomic E-state index is 0.00140. The number of allylic oxidation sites excluding steroid dienone is 3. The molecule has 5 heteroatoms. The molecule has 154 valence electrons. The first-order valence-corrected chi connectivity index (χ1v) is 9.88. The van der Waals surface area contributed by atoms with Crippen molar-refractivity contribution < 1.29 is 14.3 Å². The molecule has 0 aromatic heterocycles. The Morgan fingerprint density at radius 1 is 1.12 bits per heavy atom. The lowest BCUT2D eigenvalue weighted by Crippen LogP contribution is -2.43. The average molecular weight is 371 g/mol. The third-order valence-electron chi connectivity index (χ3n) is 3.12. The van der Waals surface area contributed by atoms with Gasteiger partial charge in [-0.1, -0.05) is 51.5 Å². The van der Waals surface area contributed by atoms with Gasteiger partial charge in [0.25, 0.3) is 0 Å². The van der Waals surface area contributed by atoms with Gasteiger partial charge in [-0.15, -0.1) is 0 Å². The molecule has 0 spiro atoms. The number of amides is 1. The standard InChI is InChI=1S/C17H32N2O3.C4H10/c1-5-9-15(10-6-2)11-12-19(16(20)13-18)14-17(21-7-3)22-8-4;1-4(2)3/h5,9-10,17H,6-8,11-14,18H2,1-4H3;4H,1-3H3/b9-5-,15-10+;. The second kappa shape index (κ2) is 18.6. The molecule has 0 unspecified atom stereocenters. The molecule has 0 saturated carbocycles. The third kappa shape index (κ3) is 16.3. The number of ether oxygens (including phenoxy) is 2. The van der Waals surface area contributed by atoms with Crippen LogP contribution in [0.15, 0.2) is 23.8 Å². The molecule has 0 rings (SSSR count). The van der Waals surface area contributed by atoms with Gasteiger partial charge in [0.05, 0.1) is 13.1 Å². The highest BCUT2D eigenvalue weighted by Crippen LogP contribution is 2.09. The van der Waals surface area contributed by atoms with Gasteiger partial charge in [0.2, 0.25) is 5.91 Å². The lowest BCUT2D eigenvalue weighted by atomic mass is 10.1. The van der Waals surface area contributed by atoms with E-state index in [9.17, 15) is 4.79 Å². The summed E-state index contributed by atoms with van der Waals surface area (Å²) in [5, 5.41) is 0. The van der Waals surface area contributed by atoms with Crippen molar-refractivity contribution >= 4 is 5.91 Å². The number of carbonyl (C=O) groups is 1. The van der Waals surface area contributed by atoms with E-state index in [1.807, 2.05) is 26.8 Å². The fraction of sp³-hybridized carbons (Fsp3) is 0.762. The first kappa shape index (κ1) is 27.1. The smallest absolute Gasteiger partial charge is 0.236 e. The maximum Gasteiger partial charge on any atom is 0.236 e. The molecule has 26 heavy (non-hydrogen) atoms. The summed E-state index contributed by atoms with van der Waals surface area (Å²) in [5.41, 5.74) is 6.74. The van der Waals surface area contributed by atoms with E-state index in [0.717, 1.165) is 18.8 Å². The Morgan fingerprint density at radius 2 is 1.65 bits per heavy atom. The molecule has 0 radical (unpaired) electrons. The van der Waals surface area contributed by atoms with Gasteiger partial charge in [-0.25, -0.2) is 0 Å². The second-order valence-electron chi connectivity index (χ2n) is 6.55. The summed E-state index contributed by atoms with van der Waals surface area (Å²) in [5.74, 6) is 0.751. The summed E-state index contributed by atoms with van der Waals surface area (Å²) in [6.45, 7) is 16.5. The molecule has 0 aromatic rings. The molecular weight excluding hydrogens is 328 g/mol. The van der Waals surface area contributed by atoms with E-state index < -0.39 is 6.29 Å². The van der Waals surface area contributed by atoms with E-state index in [4.69, 9.17) is 15.2 Å². The van der Waals surface area contributed by atoms with Crippen molar-refractivity contribution in [1.82, 2.24) is 4.90 Å². The van der Waals surface area contributed by atoms with Crippen LogP contribution in [0.3, 0.4) is 0 Å². The van der Waals surface area contributed by atoms with Crippen LogP contribution in [0.5, 0.6) is 0 Å². The third-order valence-corrected chi connectivity index (χ3v) is 3.12. The Labute approximate surface area is 161 Å². The Hall–Kier alpha value is -1.17. The molecular formula is C21H42N2O3. The van der Waals surface area contributed by atoms with Gasteiger partial charge in [-0.2, -0.15) is 0 Å². The van der Waals surface area contributed by atoms with Gasteiger partial charge >= 0.3 is 0 Å². The highest BCUT2D eigenvalue weighted by atomic mass is 16.7. The monoisotopic (exact) mass is 370 g/mol. The van der Waals surface area contributed by atoms with E-state index >= 15 is 0 Å². The highest BCUT2D eigenvalue weighted by molar-refractivity contribution is 5.78. The quantitative estimate of drug-likeness (QED) is 0.414. The van der Waals surface area contributed by atoms with Crippen molar-refractivity contribution in [2.45, 2.75) is 67.6 Å². The van der Waals surface area contributed by atoms with E-state index in [0.29, 0.717) is 26.3 Å². The topological polar surface area (TPSA) is 64.8 Å². The van der Waals surface area contributed by atoms with Gasteiger partial charge in [0, 0.05) is 19.8 Å². The van der Waals surface area contributed by atoms with Crippen LogP contribution in [0.2, 0.25) is 0 Å². The molecule has 5 nitrogen and oxygen atoms in total. The first-order valence-electron chi connectivity index (χ1n) is 9.88. The van der Waals surface area contributed by atoms with Crippen LogP contribution in [0.1, 0.15) is 61.3 Å². The summed E-state index contributed by atoms with van der Waals surface area (Å²) in [6, 6.07) is 0. The summed E-state index contributed by atoms with van der Waals surface area (Å²) in [4.78, 5) is 13.8. The zero-order chi connectivity index (χ0) is 20.4. The van der Waals surface area contributed by atoms with E-state index in [2.05, 4.69) is 39.8 Å². The molecule has 0 saturated heterocycles. The summed E-state index contributed by atoms with van der Waals surface area (Å²) in [6.07, 6.45) is 7.65. The predicted molar refractivity (Wildman–Crippen MR) is 111 cm³/mol. The SMILES string of the molecule is C/C=C\C(=C/CC)CCN(CC(OCC)OCC)C(=O)CN.CC(C)C. The maximum absolute atomic E-state index is 12.0. The van der Waals surface area contributed by atoms with Crippen molar-refractivity contribution in [3.05, 3.63) is 23.8 Å². The van der Waals surface area contributed by atoms with Crippen LogP contribution < -0.4 is 5.73 Å². The number of nitrogens with zero attached hydrogens (tertiary/aromatic N) is 1. The minimum Gasteiger partial charge on any atom is -0.351 e. The van der Waals surface area contributed by atoms with Crippen molar-refractivity contribution in [2.75, 3.05) is 32.8 Å². The lowest BCUT2D eigenvalue weighted by Gasteiger charge is -2.27. The summed E-state index contributed by atoms with van der Waals surface area (Å²) in [7, 11) is 0. The summed E-state index contributed by atoms with van der Waals surface area (Å²) < 4.78 is 11.0. The van der Waals surface area contributed by atoms with Crippen LogP contribution in [-0.2, 0) is 14.3 Å². The van der Waals surface area contributed by atoms with Gasteiger partial charge < -0.3 is 20.1 Å². The molecule has 0 aromatic carbocycles. The molecule has 0 aliphatic rings. The zero-order valence-electron chi connectivity index (χ0n) is 18.1. The number of rotatable bonds is 12. The molecule has 2 N–H and O–H groups in total. The van der Waals surface area contributed by atoms with Crippen molar-refractivity contribution in [2.24, 2.45) is 11.7 Å². The molecule has 0 aliphatic heterocycles. The van der Waals surface area contributed by atoms with E-state index in [-0.39, 0.29) is 12.5 Å². The lowest BCUT2D eigenvalue weighted by molar-refractivity contribution is -0.158. The molecule has 0 atom stereocenters. The van der Waals surface area contributed by atoms with Gasteiger partial charge in [0.1, 0.15) is 0 Å². The summed E-state index contributed by atoms with van der Waals surface area (Å²) >= 11 is 0. The van der Waals surface area contributed by atoms with Crippen molar-refractivity contribution in [3.63, 3.8) is 0 Å². The first-order chi connectivity index (χ1) is 12.4. The maximum atomic E-state index is 12.0. The number of carbonyl (C=O) groups excluding carboxylic acids is 1. The van der Waals surface area contributed by atoms with Crippen LogP contribution in [-0.4, -0.2) is 49.9 Å². The molecule has 0 heterocycles. The molecule has 1 amide bonds. The molecule has 0 bridgehead atoms. The van der Waals surface area contributed by atoms with Crippen LogP contribution in [0.4, 0.5) is 0 Å². The highest BCUT2D eigenvalue weighted by Gasteiger charge is 2.18. The molecule has 0 fully saturated rings. The Morgan fingerprint density at radius 3 is 2.04 bits per heavy atom. The Bertz CT molecular complexity index is 384. The fourth-order valence-corrected chi connectivity index (χ4v) is 2.15. The van der Waals surface area contributed by atoms with Crippen LogP contribution in [0, 0.1) is 5.92 Å². The average Bonchev–Trinajstić information content (AvgIpc) is 2.57. The van der Waals surface area contributed by atoms with Crippen LogP contribution >= 0.6 is 0 Å². The number of nitrogens with two attached hydrogens (primary N) is 1. The zero-order valence-corrected chi connectivity index (χ0v) is 18.1. The van der Waals surface area contributed by atoms with Gasteiger partial charge in [0.15, 0.2) is 6.29 Å². The van der Waals surface area contributed by atoms with Gasteiger partial charge in [-0.05, 0) is 39.5 Å². The normalized spacial score (nSPS) is 11.8. The van der Waals surface area contributed by atoms with Crippen molar-refractivity contribution in [1.29, 1.82) is 0 Å². The van der Waals surface area contributed by atoms with Gasteiger partial charge in [-0.3, -0.25) is 4.79 Å². The van der Waals surface area contributed by atoms with Crippen LogP contribution in [0.25, 0.3) is 0 Å². The predicted octanol–water partition coefficient (Wildman–Crippen LogP) is 4.14. The Balaban J connectivity index is 0. The largest absolute Gasteiger partial charge is 0.351 e. The molecule has 0 aliphatic carbocycles. The minimum atomic E-state index is -0.397. The van der Waals surface area contributed by atoms with E-state index in [1.54, 1.807) is 4.90 Å². The fourth-order valence-electron chi connectivity index (χ4n) is 2.15. The number of hydrogen-bond donors (Lipinski definition) is 1.